The van der Waals surface area contributed by atoms with Crippen LogP contribution in [0.15, 0.2) is 24.3 Å². The molecule has 1 amide bonds. The van der Waals surface area contributed by atoms with Crippen molar-refractivity contribution in [1.82, 2.24) is 19.9 Å². The van der Waals surface area contributed by atoms with Crippen LogP contribution in [0.5, 0.6) is 5.75 Å². The highest BCUT2D eigenvalue weighted by molar-refractivity contribution is 5.93. The maximum Gasteiger partial charge on any atom is 0.276 e. The van der Waals surface area contributed by atoms with Crippen molar-refractivity contribution in [3.8, 4) is 11.4 Å². The first-order valence-corrected chi connectivity index (χ1v) is 9.24. The largest absolute Gasteiger partial charge is 0.491 e. The molecule has 2 N–H and O–H groups in total. The molecule has 1 aliphatic rings. The van der Waals surface area contributed by atoms with Crippen molar-refractivity contribution in [2.24, 2.45) is 11.7 Å². The first kappa shape index (κ1) is 21.2. The van der Waals surface area contributed by atoms with E-state index in [1.54, 1.807) is 4.68 Å². The van der Waals surface area contributed by atoms with Gasteiger partial charge in [-0.05, 0) is 63.4 Å². The van der Waals surface area contributed by atoms with Crippen molar-refractivity contribution in [2.45, 2.75) is 39.7 Å². The van der Waals surface area contributed by atoms with E-state index in [-0.39, 0.29) is 24.4 Å². The second-order valence-electron chi connectivity index (χ2n) is 6.95. The summed E-state index contributed by atoms with van der Waals surface area (Å²) in [6.45, 7) is 8.04. The van der Waals surface area contributed by atoms with Crippen LogP contribution in [0.25, 0.3) is 5.69 Å². The molecule has 0 saturated carbocycles. The van der Waals surface area contributed by atoms with E-state index in [1.807, 2.05) is 49.9 Å². The second kappa shape index (κ2) is 9.19. The minimum Gasteiger partial charge on any atom is -0.491 e. The SMILES string of the molecule is CCc1c(C(=O)N2CCC(CN)C2)nnn1-c1ccc(OC(C)C)cc1.Cl. The quantitative estimate of drug-likeness (QED) is 0.814. The second-order valence-corrected chi connectivity index (χ2v) is 6.95. The van der Waals surface area contributed by atoms with Gasteiger partial charge in [-0.2, -0.15) is 0 Å². The van der Waals surface area contributed by atoms with Crippen molar-refractivity contribution in [3.05, 3.63) is 35.7 Å². The summed E-state index contributed by atoms with van der Waals surface area (Å²) >= 11 is 0. The maximum absolute atomic E-state index is 12.9. The van der Waals surface area contributed by atoms with Crippen molar-refractivity contribution in [1.29, 1.82) is 0 Å². The topological polar surface area (TPSA) is 86.3 Å². The van der Waals surface area contributed by atoms with E-state index in [2.05, 4.69) is 10.3 Å². The Morgan fingerprint density at radius 3 is 2.59 bits per heavy atom. The number of carbonyl (C=O) groups is 1. The van der Waals surface area contributed by atoms with Gasteiger partial charge in [0.15, 0.2) is 5.69 Å². The van der Waals surface area contributed by atoms with Gasteiger partial charge in [-0.1, -0.05) is 12.1 Å². The molecule has 0 spiro atoms. The number of rotatable bonds is 6. The zero-order chi connectivity index (χ0) is 18.7. The number of nitrogens with zero attached hydrogens (tertiary/aromatic N) is 4. The Balaban J connectivity index is 0.00000261. The minimum absolute atomic E-state index is 0. The number of hydrogen-bond acceptors (Lipinski definition) is 5. The Hall–Kier alpha value is -2.12. The van der Waals surface area contributed by atoms with Gasteiger partial charge < -0.3 is 15.4 Å². The van der Waals surface area contributed by atoms with E-state index in [4.69, 9.17) is 10.5 Å². The Morgan fingerprint density at radius 2 is 2.04 bits per heavy atom. The highest BCUT2D eigenvalue weighted by atomic mass is 35.5. The molecule has 1 aromatic carbocycles. The van der Waals surface area contributed by atoms with Crippen LogP contribution in [-0.2, 0) is 6.42 Å². The number of halogens is 1. The molecule has 0 radical (unpaired) electrons. The predicted octanol–water partition coefficient (Wildman–Crippen LogP) is 2.46. The van der Waals surface area contributed by atoms with Gasteiger partial charge in [0.05, 0.1) is 17.5 Å². The average Bonchev–Trinajstić information content (AvgIpc) is 3.28. The van der Waals surface area contributed by atoms with E-state index in [0.717, 1.165) is 30.1 Å². The fraction of sp³-hybridized carbons (Fsp3) is 0.526. The molecule has 1 atom stereocenters. The third-order valence-corrected chi connectivity index (χ3v) is 4.66. The van der Waals surface area contributed by atoms with Crippen LogP contribution in [0, 0.1) is 5.92 Å². The summed E-state index contributed by atoms with van der Waals surface area (Å²) in [5.74, 6) is 1.14. The minimum atomic E-state index is -0.0520. The highest BCUT2D eigenvalue weighted by Crippen LogP contribution is 2.22. The van der Waals surface area contributed by atoms with Crippen molar-refractivity contribution < 1.29 is 9.53 Å². The third-order valence-electron chi connectivity index (χ3n) is 4.66. The smallest absolute Gasteiger partial charge is 0.276 e. The van der Waals surface area contributed by atoms with Crippen LogP contribution < -0.4 is 10.5 Å². The maximum atomic E-state index is 12.9. The first-order valence-electron chi connectivity index (χ1n) is 9.24. The number of benzene rings is 1. The number of nitrogens with two attached hydrogens (primary N) is 1. The number of likely N-dealkylation sites (tertiary alicyclic amines) is 1. The van der Waals surface area contributed by atoms with Crippen LogP contribution in [0.1, 0.15) is 43.4 Å². The van der Waals surface area contributed by atoms with E-state index >= 15 is 0 Å². The molecule has 3 rings (SSSR count). The lowest BCUT2D eigenvalue weighted by Gasteiger charge is -2.15. The molecule has 0 bridgehead atoms. The van der Waals surface area contributed by atoms with Gasteiger partial charge in [0, 0.05) is 13.1 Å². The van der Waals surface area contributed by atoms with Crippen molar-refractivity contribution in [2.75, 3.05) is 19.6 Å². The van der Waals surface area contributed by atoms with E-state index in [0.29, 0.717) is 31.1 Å². The molecule has 7 nitrogen and oxygen atoms in total. The van der Waals surface area contributed by atoms with Gasteiger partial charge in [-0.15, -0.1) is 17.5 Å². The Kier molecular flexibility index (Phi) is 7.21. The molecule has 1 aromatic heterocycles. The highest BCUT2D eigenvalue weighted by Gasteiger charge is 2.30. The lowest BCUT2D eigenvalue weighted by Crippen LogP contribution is -2.31. The molecule has 1 saturated heterocycles. The lowest BCUT2D eigenvalue weighted by molar-refractivity contribution is 0.0780. The molecule has 27 heavy (non-hydrogen) atoms. The number of ether oxygens (including phenoxy) is 1. The van der Waals surface area contributed by atoms with Crippen LogP contribution in [0.4, 0.5) is 0 Å². The van der Waals surface area contributed by atoms with Crippen LogP contribution in [0.3, 0.4) is 0 Å². The number of amides is 1. The summed E-state index contributed by atoms with van der Waals surface area (Å²) in [6, 6.07) is 7.68. The summed E-state index contributed by atoms with van der Waals surface area (Å²) < 4.78 is 7.42. The third kappa shape index (κ3) is 4.59. The molecule has 8 heteroatoms. The Labute approximate surface area is 166 Å². The summed E-state index contributed by atoms with van der Waals surface area (Å²) in [5, 5.41) is 8.42. The van der Waals surface area contributed by atoms with E-state index in [9.17, 15) is 4.79 Å². The van der Waals surface area contributed by atoms with Crippen LogP contribution in [0.2, 0.25) is 0 Å². The predicted molar refractivity (Wildman–Crippen MR) is 107 cm³/mol. The van der Waals surface area contributed by atoms with Gasteiger partial charge >= 0.3 is 0 Å². The summed E-state index contributed by atoms with van der Waals surface area (Å²) in [6.07, 6.45) is 1.75. The number of carbonyl (C=O) groups excluding carboxylic acids is 1. The molecule has 148 valence electrons. The van der Waals surface area contributed by atoms with Gasteiger partial charge in [0.2, 0.25) is 0 Å². The Morgan fingerprint density at radius 1 is 1.33 bits per heavy atom. The number of aromatic nitrogens is 3. The fourth-order valence-corrected chi connectivity index (χ4v) is 3.29. The zero-order valence-corrected chi connectivity index (χ0v) is 16.9. The molecule has 1 aliphatic heterocycles. The molecule has 1 fully saturated rings. The molecule has 2 heterocycles. The molecule has 0 aliphatic carbocycles. The zero-order valence-electron chi connectivity index (χ0n) is 16.1. The molecule has 1 unspecified atom stereocenters. The van der Waals surface area contributed by atoms with Gasteiger partial charge in [0.25, 0.3) is 5.91 Å². The summed E-state index contributed by atoms with van der Waals surface area (Å²) in [7, 11) is 0. The van der Waals surface area contributed by atoms with Gasteiger partial charge in [0.1, 0.15) is 5.75 Å². The molecular formula is C19H28ClN5O2. The van der Waals surface area contributed by atoms with Crippen LogP contribution >= 0.6 is 12.4 Å². The standard InChI is InChI=1S/C19H27N5O2.ClH/c1-4-17-18(19(25)23-10-9-14(11-20)12-23)21-22-24(17)15-5-7-16(8-6-15)26-13(2)3;/h5-8,13-14H,4,9-12,20H2,1-3H3;1H. The molecular weight excluding hydrogens is 366 g/mol. The van der Waals surface area contributed by atoms with Gasteiger partial charge in [-0.3, -0.25) is 4.79 Å². The van der Waals surface area contributed by atoms with E-state index < -0.39 is 0 Å². The summed E-state index contributed by atoms with van der Waals surface area (Å²) in [4.78, 5) is 14.7. The number of hydrogen-bond donors (Lipinski definition) is 1. The molecule has 2 aromatic rings. The monoisotopic (exact) mass is 393 g/mol. The lowest BCUT2D eigenvalue weighted by atomic mass is 10.1. The normalized spacial score (nSPS) is 16.5. The van der Waals surface area contributed by atoms with Gasteiger partial charge in [-0.25, -0.2) is 4.68 Å². The average molecular weight is 394 g/mol. The first-order chi connectivity index (χ1) is 12.5. The summed E-state index contributed by atoms with van der Waals surface area (Å²) in [5.41, 5.74) is 7.86. The fourth-order valence-electron chi connectivity index (χ4n) is 3.29. The Bertz CT molecular complexity index is 760. The van der Waals surface area contributed by atoms with Crippen molar-refractivity contribution in [3.63, 3.8) is 0 Å². The van der Waals surface area contributed by atoms with Crippen LogP contribution in [-0.4, -0.2) is 51.5 Å². The van der Waals surface area contributed by atoms with E-state index in [1.165, 1.54) is 0 Å². The van der Waals surface area contributed by atoms with Crippen molar-refractivity contribution >= 4 is 18.3 Å².